The van der Waals surface area contributed by atoms with Crippen molar-refractivity contribution < 1.29 is 4.52 Å². The Bertz CT molecular complexity index is 1140. The molecule has 0 spiro atoms. The Kier molecular flexibility index (Phi) is 3.35. The third-order valence-corrected chi connectivity index (χ3v) is 4.47. The van der Waals surface area contributed by atoms with Gasteiger partial charge >= 0.3 is 5.76 Å². The summed E-state index contributed by atoms with van der Waals surface area (Å²) in [4.78, 5) is 33.4. The van der Waals surface area contributed by atoms with Gasteiger partial charge in [0.15, 0.2) is 4.96 Å². The van der Waals surface area contributed by atoms with Crippen LogP contribution in [0.1, 0.15) is 11.4 Å². The predicted molar refractivity (Wildman–Crippen MR) is 87.2 cm³/mol. The monoisotopic (exact) mass is 341 g/mol. The first kappa shape index (κ1) is 14.5. The van der Waals surface area contributed by atoms with Gasteiger partial charge in [0.1, 0.15) is 5.69 Å². The molecule has 4 aromatic rings. The molecular formula is C15H11N5O3S. The Morgan fingerprint density at radius 3 is 2.96 bits per heavy atom. The van der Waals surface area contributed by atoms with E-state index in [1.165, 1.54) is 26.4 Å². The minimum Gasteiger partial charge on any atom is -0.295 e. The summed E-state index contributed by atoms with van der Waals surface area (Å²) in [5.41, 5.74) is 1.62. The van der Waals surface area contributed by atoms with E-state index in [0.717, 1.165) is 5.69 Å². The summed E-state index contributed by atoms with van der Waals surface area (Å²) in [6.45, 7) is 1.92. The molecule has 0 saturated carbocycles. The number of hydrogen-bond donors (Lipinski definition) is 0. The smallest absolute Gasteiger partial charge is 0.295 e. The van der Waals surface area contributed by atoms with E-state index < -0.39 is 5.76 Å². The summed E-state index contributed by atoms with van der Waals surface area (Å²) < 4.78 is 7.59. The highest BCUT2D eigenvalue weighted by molar-refractivity contribution is 7.15. The molecule has 9 heteroatoms. The lowest BCUT2D eigenvalue weighted by molar-refractivity contribution is 0.378. The van der Waals surface area contributed by atoms with Crippen molar-refractivity contribution in [1.29, 1.82) is 0 Å². The minimum absolute atomic E-state index is 0.0803. The number of hydrogen-bond acceptors (Lipinski definition) is 7. The molecule has 0 amide bonds. The van der Waals surface area contributed by atoms with E-state index in [1.54, 1.807) is 24.4 Å². The van der Waals surface area contributed by atoms with E-state index in [-0.39, 0.29) is 12.1 Å². The molecular weight excluding hydrogens is 330 g/mol. The highest BCUT2D eigenvalue weighted by atomic mass is 32.1. The molecule has 0 radical (unpaired) electrons. The van der Waals surface area contributed by atoms with E-state index in [1.807, 2.05) is 12.3 Å². The van der Waals surface area contributed by atoms with Gasteiger partial charge in [0.2, 0.25) is 5.82 Å². The zero-order valence-electron chi connectivity index (χ0n) is 12.5. The van der Waals surface area contributed by atoms with Gasteiger partial charge in [-0.25, -0.2) is 14.3 Å². The summed E-state index contributed by atoms with van der Waals surface area (Å²) in [6.07, 6.45) is 1.60. The fraction of sp³-hybridized carbons (Fsp3) is 0.133. The van der Waals surface area contributed by atoms with E-state index in [9.17, 15) is 9.59 Å². The molecule has 0 N–H and O–H groups in total. The van der Waals surface area contributed by atoms with Crippen molar-refractivity contribution in [2.75, 3.05) is 0 Å². The highest BCUT2D eigenvalue weighted by Crippen LogP contribution is 2.15. The van der Waals surface area contributed by atoms with Gasteiger partial charge in [0, 0.05) is 23.3 Å². The van der Waals surface area contributed by atoms with Gasteiger partial charge in [-0.3, -0.25) is 18.7 Å². The van der Waals surface area contributed by atoms with Crippen molar-refractivity contribution in [1.82, 2.24) is 24.1 Å². The van der Waals surface area contributed by atoms with Crippen molar-refractivity contribution >= 4 is 16.3 Å². The van der Waals surface area contributed by atoms with Gasteiger partial charge in [-0.15, -0.1) is 11.3 Å². The molecule has 0 fully saturated rings. The van der Waals surface area contributed by atoms with Gasteiger partial charge in [0.25, 0.3) is 5.56 Å². The number of aryl methyl sites for hydroxylation is 1. The van der Waals surface area contributed by atoms with Crippen LogP contribution in [0.2, 0.25) is 0 Å². The van der Waals surface area contributed by atoms with Crippen LogP contribution in [0.4, 0.5) is 0 Å². The van der Waals surface area contributed by atoms with Crippen LogP contribution in [0.25, 0.3) is 16.5 Å². The third kappa shape index (κ3) is 2.35. The molecule has 4 rings (SSSR count). The third-order valence-electron chi connectivity index (χ3n) is 3.53. The number of pyridine rings is 1. The topological polar surface area (TPSA) is 95.3 Å². The lowest BCUT2D eigenvalue weighted by Crippen LogP contribution is -2.20. The van der Waals surface area contributed by atoms with Gasteiger partial charge in [0.05, 0.1) is 12.2 Å². The summed E-state index contributed by atoms with van der Waals surface area (Å²) >= 11 is 1.37. The van der Waals surface area contributed by atoms with Gasteiger partial charge in [-0.05, 0) is 19.1 Å². The van der Waals surface area contributed by atoms with Crippen LogP contribution in [-0.2, 0) is 6.54 Å². The molecule has 0 aliphatic heterocycles. The Morgan fingerprint density at radius 1 is 1.29 bits per heavy atom. The first-order chi connectivity index (χ1) is 11.6. The van der Waals surface area contributed by atoms with Crippen LogP contribution < -0.4 is 11.3 Å². The van der Waals surface area contributed by atoms with Crippen molar-refractivity contribution in [2.45, 2.75) is 13.5 Å². The lowest BCUT2D eigenvalue weighted by Gasteiger charge is -2.04. The molecule has 0 saturated heterocycles. The largest absolute Gasteiger partial charge is 0.442 e. The molecule has 8 nitrogen and oxygen atoms in total. The van der Waals surface area contributed by atoms with Crippen LogP contribution in [-0.4, -0.2) is 24.1 Å². The van der Waals surface area contributed by atoms with Crippen molar-refractivity contribution in [2.24, 2.45) is 0 Å². The van der Waals surface area contributed by atoms with E-state index >= 15 is 0 Å². The Hall–Kier alpha value is -3.07. The SMILES string of the molecule is Cc1csc2nc(Cn3c(-c4ccccn4)noc3=O)cc(=O)n12. The van der Waals surface area contributed by atoms with E-state index in [2.05, 4.69) is 15.1 Å². The number of nitrogens with zero attached hydrogens (tertiary/aromatic N) is 5. The summed E-state index contributed by atoms with van der Waals surface area (Å²) in [5.74, 6) is -0.329. The van der Waals surface area contributed by atoms with Gasteiger partial charge in [-0.2, -0.15) is 0 Å². The summed E-state index contributed by atoms with van der Waals surface area (Å²) in [6, 6.07) is 6.69. The average molecular weight is 341 g/mol. The molecule has 120 valence electrons. The number of aromatic nitrogens is 5. The molecule has 0 aliphatic rings. The van der Waals surface area contributed by atoms with E-state index in [0.29, 0.717) is 22.2 Å². The number of rotatable bonds is 3. The van der Waals surface area contributed by atoms with Crippen molar-refractivity contribution in [3.8, 4) is 11.5 Å². The van der Waals surface area contributed by atoms with Crippen LogP contribution in [0.3, 0.4) is 0 Å². The minimum atomic E-state index is -0.625. The maximum Gasteiger partial charge on any atom is 0.442 e. The molecule has 24 heavy (non-hydrogen) atoms. The van der Waals surface area contributed by atoms with Crippen LogP contribution in [0, 0.1) is 6.92 Å². The maximum absolute atomic E-state index is 12.2. The normalized spacial score (nSPS) is 11.2. The molecule has 4 aromatic heterocycles. The van der Waals surface area contributed by atoms with Crippen LogP contribution >= 0.6 is 11.3 Å². The molecule has 0 bridgehead atoms. The van der Waals surface area contributed by atoms with Crippen LogP contribution in [0.5, 0.6) is 0 Å². The Morgan fingerprint density at radius 2 is 2.17 bits per heavy atom. The first-order valence-corrected chi connectivity index (χ1v) is 7.96. The quantitative estimate of drug-likeness (QED) is 0.558. The fourth-order valence-corrected chi connectivity index (χ4v) is 3.32. The summed E-state index contributed by atoms with van der Waals surface area (Å²) in [5, 5.41) is 5.63. The Balaban J connectivity index is 1.81. The predicted octanol–water partition coefficient (Wildman–Crippen LogP) is 1.32. The number of thiazole rings is 1. The Labute approximate surface area is 138 Å². The van der Waals surface area contributed by atoms with Gasteiger partial charge in [-0.1, -0.05) is 11.2 Å². The zero-order valence-corrected chi connectivity index (χ0v) is 13.4. The highest BCUT2D eigenvalue weighted by Gasteiger charge is 2.16. The molecule has 0 atom stereocenters. The summed E-state index contributed by atoms with van der Waals surface area (Å²) in [7, 11) is 0. The molecule has 0 aromatic carbocycles. The molecule has 0 aliphatic carbocycles. The van der Waals surface area contributed by atoms with Crippen molar-refractivity contribution in [3.63, 3.8) is 0 Å². The maximum atomic E-state index is 12.2. The average Bonchev–Trinajstić information content (AvgIpc) is 3.13. The zero-order chi connectivity index (χ0) is 16.7. The second-order valence-electron chi connectivity index (χ2n) is 5.15. The standard InChI is InChI=1S/C15H11N5O3S/c1-9-8-24-14-17-10(6-12(21)20(9)14)7-19-13(18-23-15(19)22)11-4-2-3-5-16-11/h2-6,8H,7H2,1H3. The lowest BCUT2D eigenvalue weighted by atomic mass is 10.3. The first-order valence-electron chi connectivity index (χ1n) is 7.08. The number of fused-ring (bicyclic) bond motifs is 1. The molecule has 4 heterocycles. The second kappa shape index (κ2) is 5.53. The fourth-order valence-electron chi connectivity index (χ4n) is 2.43. The molecule has 0 unspecified atom stereocenters. The second-order valence-corrected chi connectivity index (χ2v) is 5.99. The van der Waals surface area contributed by atoms with E-state index in [4.69, 9.17) is 4.52 Å². The van der Waals surface area contributed by atoms with Crippen LogP contribution in [0.15, 0.2) is 50.0 Å². The van der Waals surface area contributed by atoms with Crippen molar-refractivity contribution in [3.05, 3.63) is 68.1 Å². The van der Waals surface area contributed by atoms with Gasteiger partial charge < -0.3 is 0 Å².